The van der Waals surface area contributed by atoms with Crippen molar-refractivity contribution in [3.05, 3.63) is 0 Å². The first-order valence-electron chi connectivity index (χ1n) is 17.1. The SMILES string of the molecule is CCCCCCCCCCCCNC(=O)NC(CSSCC(NC(=O)NCCCCCCCCCCCC)C(=O)O)C(=O)O. The zero-order chi connectivity index (χ0) is 32.7. The van der Waals surface area contributed by atoms with Crippen LogP contribution in [0.1, 0.15) is 142 Å². The second-order valence-electron chi connectivity index (χ2n) is 11.5. The molecule has 0 fully saturated rings. The average molecular weight is 663 g/mol. The van der Waals surface area contributed by atoms with Gasteiger partial charge in [-0.15, -0.1) is 0 Å². The molecule has 44 heavy (non-hydrogen) atoms. The third kappa shape index (κ3) is 27.7. The van der Waals surface area contributed by atoms with E-state index < -0.39 is 36.1 Å². The van der Waals surface area contributed by atoms with Gasteiger partial charge in [0.25, 0.3) is 0 Å². The van der Waals surface area contributed by atoms with Crippen molar-refractivity contribution in [3.8, 4) is 0 Å². The van der Waals surface area contributed by atoms with Crippen LogP contribution in [0.15, 0.2) is 0 Å². The van der Waals surface area contributed by atoms with Crippen molar-refractivity contribution >= 4 is 45.6 Å². The molecule has 0 aliphatic rings. The average Bonchev–Trinajstić information content (AvgIpc) is 2.99. The Labute approximate surface area is 274 Å². The minimum Gasteiger partial charge on any atom is -0.480 e. The van der Waals surface area contributed by atoms with E-state index in [4.69, 9.17) is 0 Å². The van der Waals surface area contributed by atoms with Crippen molar-refractivity contribution in [3.63, 3.8) is 0 Å². The number of rotatable bonds is 31. The van der Waals surface area contributed by atoms with Crippen molar-refractivity contribution < 1.29 is 29.4 Å². The molecule has 0 aromatic rings. The molecule has 0 aromatic carbocycles. The van der Waals surface area contributed by atoms with Crippen LogP contribution in [0, 0.1) is 0 Å². The van der Waals surface area contributed by atoms with Crippen LogP contribution in [0.2, 0.25) is 0 Å². The van der Waals surface area contributed by atoms with E-state index in [1.165, 1.54) is 89.9 Å². The van der Waals surface area contributed by atoms with Crippen LogP contribution in [0.4, 0.5) is 9.59 Å². The van der Waals surface area contributed by atoms with E-state index in [2.05, 4.69) is 35.1 Å². The highest BCUT2D eigenvalue weighted by molar-refractivity contribution is 8.76. The summed E-state index contributed by atoms with van der Waals surface area (Å²) in [7, 11) is 2.29. The Morgan fingerprint density at radius 2 is 0.750 bits per heavy atom. The lowest BCUT2D eigenvalue weighted by molar-refractivity contribution is -0.139. The quantitative estimate of drug-likeness (QED) is 0.0325. The molecule has 0 aliphatic carbocycles. The maximum atomic E-state index is 12.2. The number of amides is 4. The van der Waals surface area contributed by atoms with Gasteiger partial charge in [0.15, 0.2) is 0 Å². The zero-order valence-corrected chi connectivity index (χ0v) is 29.1. The van der Waals surface area contributed by atoms with Gasteiger partial charge in [0.1, 0.15) is 12.1 Å². The molecule has 12 heteroatoms. The number of nitrogens with one attached hydrogen (secondary N) is 4. The molecule has 258 valence electrons. The Bertz CT molecular complexity index is 688. The predicted molar refractivity (Wildman–Crippen MR) is 185 cm³/mol. The molecule has 6 N–H and O–H groups in total. The molecule has 2 unspecified atom stereocenters. The van der Waals surface area contributed by atoms with Crippen LogP contribution in [0.25, 0.3) is 0 Å². The molecule has 0 radical (unpaired) electrons. The third-order valence-corrected chi connectivity index (χ3v) is 9.81. The highest BCUT2D eigenvalue weighted by atomic mass is 33.1. The van der Waals surface area contributed by atoms with Crippen LogP contribution >= 0.6 is 21.6 Å². The van der Waals surface area contributed by atoms with E-state index in [1.54, 1.807) is 0 Å². The number of carboxylic acids is 2. The first-order valence-corrected chi connectivity index (χ1v) is 19.6. The first-order chi connectivity index (χ1) is 21.3. The molecule has 0 saturated heterocycles. The number of carbonyl (C=O) groups is 4. The van der Waals surface area contributed by atoms with E-state index in [9.17, 15) is 29.4 Å². The van der Waals surface area contributed by atoms with Gasteiger partial charge in [-0.25, -0.2) is 19.2 Å². The molecule has 10 nitrogen and oxygen atoms in total. The van der Waals surface area contributed by atoms with Gasteiger partial charge < -0.3 is 31.5 Å². The van der Waals surface area contributed by atoms with E-state index in [0.717, 1.165) is 60.1 Å². The number of carboxylic acid groups (broad SMARTS) is 2. The van der Waals surface area contributed by atoms with Gasteiger partial charge in [0.05, 0.1) is 0 Å². The maximum Gasteiger partial charge on any atom is 0.327 e. The number of hydrogen-bond acceptors (Lipinski definition) is 6. The van der Waals surface area contributed by atoms with Gasteiger partial charge in [-0.2, -0.15) is 0 Å². The summed E-state index contributed by atoms with van der Waals surface area (Å²) in [6, 6.07) is -3.27. The van der Waals surface area contributed by atoms with Crippen LogP contribution in [-0.4, -0.2) is 70.9 Å². The molecule has 0 aliphatic heterocycles. The lowest BCUT2D eigenvalue weighted by atomic mass is 10.1. The summed E-state index contributed by atoms with van der Waals surface area (Å²) in [6.45, 7) is 5.42. The van der Waals surface area contributed by atoms with Crippen molar-refractivity contribution in [2.75, 3.05) is 24.6 Å². The largest absolute Gasteiger partial charge is 0.480 e. The number of urea groups is 2. The van der Waals surface area contributed by atoms with E-state index >= 15 is 0 Å². The molecular weight excluding hydrogens is 601 g/mol. The topological polar surface area (TPSA) is 157 Å². The summed E-state index contributed by atoms with van der Waals surface area (Å²) in [5.74, 6) is -2.20. The fraction of sp³-hybridized carbons (Fsp3) is 0.875. The molecule has 2 atom stereocenters. The molecule has 0 bridgehead atoms. The van der Waals surface area contributed by atoms with Gasteiger partial charge in [-0.3, -0.25) is 0 Å². The van der Waals surface area contributed by atoms with Gasteiger partial charge >= 0.3 is 24.0 Å². The molecule has 0 saturated carbocycles. The lowest BCUT2D eigenvalue weighted by Gasteiger charge is -2.16. The van der Waals surface area contributed by atoms with E-state index in [-0.39, 0.29) is 11.5 Å². The number of aliphatic carboxylic acids is 2. The van der Waals surface area contributed by atoms with Crippen molar-refractivity contribution in [1.82, 2.24) is 21.3 Å². The van der Waals surface area contributed by atoms with Crippen LogP contribution < -0.4 is 21.3 Å². The Kier molecular flexibility index (Phi) is 29.9. The van der Waals surface area contributed by atoms with Crippen LogP contribution in [0.5, 0.6) is 0 Å². The fourth-order valence-corrected chi connectivity index (χ4v) is 6.94. The summed E-state index contributed by atoms with van der Waals surface area (Å²) in [5, 5.41) is 29.3. The molecule has 0 aromatic heterocycles. The number of unbranched alkanes of at least 4 members (excludes halogenated alkanes) is 18. The van der Waals surface area contributed by atoms with Gasteiger partial charge in [-0.05, 0) is 12.8 Å². The van der Waals surface area contributed by atoms with Crippen molar-refractivity contribution in [2.45, 2.75) is 154 Å². The normalized spacial score (nSPS) is 12.3. The minimum absolute atomic E-state index is 0.0585. The smallest absolute Gasteiger partial charge is 0.327 e. The molecular formula is C32H62N4O6S2. The monoisotopic (exact) mass is 662 g/mol. The Hall–Kier alpha value is -1.82. The Balaban J connectivity index is 4.00. The first kappa shape index (κ1) is 42.2. The molecule has 0 spiro atoms. The second kappa shape index (κ2) is 31.2. The Morgan fingerprint density at radius 1 is 0.477 bits per heavy atom. The van der Waals surface area contributed by atoms with E-state index in [0.29, 0.717) is 13.1 Å². The summed E-state index contributed by atoms with van der Waals surface area (Å²) >= 11 is 0. The minimum atomic E-state index is -1.16. The molecule has 4 amide bonds. The predicted octanol–water partition coefficient (Wildman–Crippen LogP) is 7.71. The van der Waals surface area contributed by atoms with Crippen molar-refractivity contribution in [1.29, 1.82) is 0 Å². The number of hydrogen-bond donors (Lipinski definition) is 6. The van der Waals surface area contributed by atoms with Gasteiger partial charge in [0, 0.05) is 24.6 Å². The summed E-state index contributed by atoms with van der Waals surface area (Å²) in [4.78, 5) is 47.5. The Morgan fingerprint density at radius 3 is 1.02 bits per heavy atom. The van der Waals surface area contributed by atoms with Gasteiger partial charge in [-0.1, -0.05) is 151 Å². The number of carbonyl (C=O) groups excluding carboxylic acids is 2. The summed E-state index contributed by atoms with van der Waals surface area (Å²) in [5.41, 5.74) is 0. The fourth-order valence-electron chi connectivity index (χ4n) is 4.63. The standard InChI is InChI=1S/C32H62N4O6S2/c1-3-5-7-9-11-13-15-17-19-21-23-33-31(41)35-27(29(37)38)25-43-44-26-28(30(39)40)36-32(42)34-24-22-20-18-16-14-12-10-8-6-4-2/h27-28H,3-26H2,1-2H3,(H,37,38)(H,39,40)(H2,33,35,41)(H2,34,36,42). The lowest BCUT2D eigenvalue weighted by Crippen LogP contribution is -2.48. The van der Waals surface area contributed by atoms with Crippen LogP contribution in [0.3, 0.4) is 0 Å². The highest BCUT2D eigenvalue weighted by Gasteiger charge is 2.23. The van der Waals surface area contributed by atoms with Crippen LogP contribution in [-0.2, 0) is 9.59 Å². The highest BCUT2D eigenvalue weighted by Crippen LogP contribution is 2.23. The van der Waals surface area contributed by atoms with E-state index in [1.807, 2.05) is 0 Å². The maximum absolute atomic E-state index is 12.2. The zero-order valence-electron chi connectivity index (χ0n) is 27.5. The molecule has 0 rings (SSSR count). The third-order valence-electron chi connectivity index (χ3n) is 7.39. The second-order valence-corrected chi connectivity index (χ2v) is 14.1. The summed E-state index contributed by atoms with van der Waals surface area (Å²) < 4.78 is 0. The summed E-state index contributed by atoms with van der Waals surface area (Å²) in [6.07, 6.45) is 23.9. The van der Waals surface area contributed by atoms with Crippen molar-refractivity contribution in [2.24, 2.45) is 0 Å². The van der Waals surface area contributed by atoms with Gasteiger partial charge in [0.2, 0.25) is 0 Å². The molecule has 0 heterocycles.